The van der Waals surface area contributed by atoms with Gasteiger partial charge in [0.25, 0.3) is 0 Å². The van der Waals surface area contributed by atoms with Crippen LogP contribution >= 0.6 is 11.6 Å². The van der Waals surface area contributed by atoms with Crippen molar-refractivity contribution in [2.45, 2.75) is 18.0 Å². The first-order chi connectivity index (χ1) is 9.47. The molecular weight excluding hydrogens is 296 g/mol. The van der Waals surface area contributed by atoms with Crippen molar-refractivity contribution in [3.63, 3.8) is 0 Å². The van der Waals surface area contributed by atoms with Crippen LogP contribution in [0.25, 0.3) is 0 Å². The number of rotatable bonds is 5. The molecule has 0 heterocycles. The van der Waals surface area contributed by atoms with E-state index < -0.39 is 10.0 Å². The topological polar surface area (TPSA) is 72.2 Å². The van der Waals surface area contributed by atoms with E-state index >= 15 is 0 Å². The zero-order chi connectivity index (χ0) is 14.6. The molecule has 0 radical (unpaired) electrons. The maximum Gasteiger partial charge on any atom is 0.238 e. The lowest BCUT2D eigenvalue weighted by atomic mass is 10.2. The average molecular weight is 311 g/mol. The predicted molar refractivity (Wildman–Crippen MR) is 79.8 cm³/mol. The Bertz CT molecular complexity index is 702. The summed E-state index contributed by atoms with van der Waals surface area (Å²) in [5.74, 6) is 0. The molecule has 0 spiro atoms. The van der Waals surface area contributed by atoms with Gasteiger partial charge in [-0.1, -0.05) is 41.9 Å². The van der Waals surface area contributed by atoms with Gasteiger partial charge in [-0.05, 0) is 29.3 Å². The SMILES string of the molecule is NS(=O)(=O)c1cccc(CNCc2ccccc2Cl)c1. The van der Waals surface area contributed by atoms with Crippen molar-refractivity contribution in [3.8, 4) is 0 Å². The lowest BCUT2D eigenvalue weighted by Crippen LogP contribution is -2.15. The highest BCUT2D eigenvalue weighted by atomic mass is 35.5. The Morgan fingerprint density at radius 3 is 2.50 bits per heavy atom. The molecule has 0 bridgehead atoms. The molecule has 2 aromatic carbocycles. The van der Waals surface area contributed by atoms with Crippen molar-refractivity contribution in [2.75, 3.05) is 0 Å². The van der Waals surface area contributed by atoms with Crippen molar-refractivity contribution in [2.24, 2.45) is 5.14 Å². The first-order valence-electron chi connectivity index (χ1n) is 6.03. The molecule has 106 valence electrons. The van der Waals surface area contributed by atoms with Crippen molar-refractivity contribution in [1.29, 1.82) is 0 Å². The summed E-state index contributed by atoms with van der Waals surface area (Å²) >= 11 is 6.06. The molecule has 0 amide bonds. The average Bonchev–Trinajstić information content (AvgIpc) is 2.40. The maximum absolute atomic E-state index is 11.3. The highest BCUT2D eigenvalue weighted by molar-refractivity contribution is 7.89. The summed E-state index contributed by atoms with van der Waals surface area (Å²) in [4.78, 5) is 0.120. The monoisotopic (exact) mass is 310 g/mol. The molecular formula is C14H15ClN2O2S. The van der Waals surface area contributed by atoms with E-state index in [1.165, 1.54) is 6.07 Å². The van der Waals surface area contributed by atoms with E-state index in [-0.39, 0.29) is 4.90 Å². The number of sulfonamides is 1. The van der Waals surface area contributed by atoms with Gasteiger partial charge < -0.3 is 5.32 Å². The van der Waals surface area contributed by atoms with Gasteiger partial charge in [0.1, 0.15) is 0 Å². The van der Waals surface area contributed by atoms with Gasteiger partial charge in [0.15, 0.2) is 0 Å². The fourth-order valence-corrected chi connectivity index (χ4v) is 2.60. The number of hydrogen-bond acceptors (Lipinski definition) is 3. The molecule has 0 saturated heterocycles. The molecule has 0 atom stereocenters. The van der Waals surface area contributed by atoms with Crippen LogP contribution in [0.2, 0.25) is 5.02 Å². The third kappa shape index (κ3) is 4.05. The van der Waals surface area contributed by atoms with Gasteiger partial charge in [0.2, 0.25) is 10.0 Å². The molecule has 0 aromatic heterocycles. The van der Waals surface area contributed by atoms with Crippen LogP contribution < -0.4 is 10.5 Å². The van der Waals surface area contributed by atoms with E-state index in [9.17, 15) is 8.42 Å². The van der Waals surface area contributed by atoms with E-state index in [0.29, 0.717) is 18.1 Å². The number of nitrogens with one attached hydrogen (secondary N) is 1. The molecule has 0 unspecified atom stereocenters. The zero-order valence-corrected chi connectivity index (χ0v) is 12.3. The van der Waals surface area contributed by atoms with Crippen LogP contribution in [0.15, 0.2) is 53.4 Å². The number of benzene rings is 2. The molecule has 2 aromatic rings. The summed E-state index contributed by atoms with van der Waals surface area (Å²) in [5, 5.41) is 9.02. The summed E-state index contributed by atoms with van der Waals surface area (Å²) in [6, 6.07) is 14.1. The third-order valence-electron chi connectivity index (χ3n) is 2.83. The Kier molecular flexibility index (Phi) is 4.77. The summed E-state index contributed by atoms with van der Waals surface area (Å²) in [7, 11) is -3.66. The van der Waals surface area contributed by atoms with Crippen LogP contribution in [0.1, 0.15) is 11.1 Å². The molecule has 0 aliphatic rings. The standard InChI is InChI=1S/C14H15ClN2O2S/c15-14-7-2-1-5-12(14)10-17-9-11-4-3-6-13(8-11)20(16,18)19/h1-8,17H,9-10H2,(H2,16,18,19). The second-order valence-electron chi connectivity index (χ2n) is 4.39. The number of halogens is 1. The van der Waals surface area contributed by atoms with E-state index in [2.05, 4.69) is 5.32 Å². The molecule has 0 aliphatic heterocycles. The second-order valence-corrected chi connectivity index (χ2v) is 6.36. The maximum atomic E-state index is 11.3. The minimum Gasteiger partial charge on any atom is -0.309 e. The Labute approximate surface area is 123 Å². The summed E-state index contributed by atoms with van der Waals surface area (Å²) in [6.07, 6.45) is 0. The molecule has 0 saturated carbocycles. The van der Waals surface area contributed by atoms with Gasteiger partial charge in [-0.15, -0.1) is 0 Å². The first kappa shape index (κ1) is 15.0. The minimum atomic E-state index is -3.66. The van der Waals surface area contributed by atoms with Crippen LogP contribution in [0.4, 0.5) is 0 Å². The molecule has 4 nitrogen and oxygen atoms in total. The van der Waals surface area contributed by atoms with Gasteiger partial charge >= 0.3 is 0 Å². The minimum absolute atomic E-state index is 0.120. The zero-order valence-electron chi connectivity index (χ0n) is 10.7. The molecule has 3 N–H and O–H groups in total. The highest BCUT2D eigenvalue weighted by Crippen LogP contribution is 2.15. The molecule has 6 heteroatoms. The van der Waals surface area contributed by atoms with Gasteiger partial charge in [0.05, 0.1) is 4.90 Å². The second kappa shape index (κ2) is 6.37. The largest absolute Gasteiger partial charge is 0.309 e. The van der Waals surface area contributed by atoms with Crippen LogP contribution in [0, 0.1) is 0 Å². The van der Waals surface area contributed by atoms with Crippen LogP contribution in [-0.2, 0) is 23.1 Å². The molecule has 20 heavy (non-hydrogen) atoms. The Hall–Kier alpha value is -1.40. The van der Waals surface area contributed by atoms with Gasteiger partial charge in [-0.3, -0.25) is 0 Å². The van der Waals surface area contributed by atoms with Gasteiger partial charge in [-0.25, -0.2) is 13.6 Å². The van der Waals surface area contributed by atoms with E-state index in [0.717, 1.165) is 11.1 Å². The van der Waals surface area contributed by atoms with Gasteiger partial charge in [0, 0.05) is 18.1 Å². The summed E-state index contributed by atoms with van der Waals surface area (Å²) in [6.45, 7) is 1.15. The van der Waals surface area contributed by atoms with Crippen molar-refractivity contribution in [1.82, 2.24) is 5.32 Å². The third-order valence-corrected chi connectivity index (χ3v) is 4.11. The smallest absolute Gasteiger partial charge is 0.238 e. The van der Waals surface area contributed by atoms with E-state index in [1.54, 1.807) is 12.1 Å². The summed E-state index contributed by atoms with van der Waals surface area (Å²) in [5.41, 5.74) is 1.85. The first-order valence-corrected chi connectivity index (χ1v) is 7.95. The predicted octanol–water partition coefficient (Wildman–Crippen LogP) is 2.28. The highest BCUT2D eigenvalue weighted by Gasteiger charge is 2.07. The van der Waals surface area contributed by atoms with E-state index in [4.69, 9.17) is 16.7 Å². The fraction of sp³-hybridized carbons (Fsp3) is 0.143. The van der Waals surface area contributed by atoms with Crippen molar-refractivity contribution >= 4 is 21.6 Å². The van der Waals surface area contributed by atoms with Crippen LogP contribution in [0.5, 0.6) is 0 Å². The number of hydrogen-bond donors (Lipinski definition) is 2. The molecule has 2 rings (SSSR count). The van der Waals surface area contributed by atoms with E-state index in [1.807, 2.05) is 30.3 Å². The normalized spacial score (nSPS) is 11.5. The van der Waals surface area contributed by atoms with Gasteiger partial charge in [-0.2, -0.15) is 0 Å². The Morgan fingerprint density at radius 2 is 1.80 bits per heavy atom. The Balaban J connectivity index is 2.00. The van der Waals surface area contributed by atoms with Crippen LogP contribution in [-0.4, -0.2) is 8.42 Å². The number of primary sulfonamides is 1. The van der Waals surface area contributed by atoms with Crippen molar-refractivity contribution < 1.29 is 8.42 Å². The lowest BCUT2D eigenvalue weighted by Gasteiger charge is -2.07. The van der Waals surface area contributed by atoms with Crippen molar-refractivity contribution in [3.05, 3.63) is 64.7 Å². The summed E-state index contributed by atoms with van der Waals surface area (Å²) < 4.78 is 22.5. The quantitative estimate of drug-likeness (QED) is 0.890. The molecule has 0 fully saturated rings. The lowest BCUT2D eigenvalue weighted by molar-refractivity contribution is 0.597. The Morgan fingerprint density at radius 1 is 1.05 bits per heavy atom. The molecule has 0 aliphatic carbocycles. The fourth-order valence-electron chi connectivity index (χ4n) is 1.82. The number of nitrogens with two attached hydrogens (primary N) is 1. The van der Waals surface area contributed by atoms with Crippen LogP contribution in [0.3, 0.4) is 0 Å².